The second-order valence-corrected chi connectivity index (χ2v) is 13.6. The van der Waals surface area contributed by atoms with E-state index in [2.05, 4.69) is 29.0 Å². The summed E-state index contributed by atoms with van der Waals surface area (Å²) in [5.41, 5.74) is 2.32. The van der Waals surface area contributed by atoms with E-state index in [9.17, 15) is 19.3 Å². The molecular formula is C34H40N4O14P2. The molecule has 0 fully saturated rings. The lowest BCUT2D eigenvalue weighted by Gasteiger charge is -2.12. The first-order valence-corrected chi connectivity index (χ1v) is 19.2. The Balaban J connectivity index is 1.20. The molecular weight excluding hydrogens is 750 g/mol. The van der Waals surface area contributed by atoms with Crippen LogP contribution in [0.15, 0.2) is 70.9 Å². The Morgan fingerprint density at radius 2 is 0.981 bits per heavy atom. The molecule has 2 aromatic carbocycles. The molecule has 0 aliphatic carbocycles. The third-order valence-corrected chi connectivity index (χ3v) is 8.16. The number of aliphatic imine (C=N–C) groups is 2. The maximum atomic E-state index is 11.2. The molecule has 20 heteroatoms. The van der Waals surface area contributed by atoms with Crippen molar-refractivity contribution in [2.45, 2.75) is 27.1 Å². The molecule has 290 valence electrons. The quantitative estimate of drug-likeness (QED) is 0.0379. The largest absolute Gasteiger partial charge is 0.505 e. The molecule has 0 aliphatic heterocycles. The molecule has 0 saturated carbocycles. The molecule has 2 heterocycles. The van der Waals surface area contributed by atoms with Crippen molar-refractivity contribution in [1.82, 2.24) is 9.97 Å². The number of pyridine rings is 2. The maximum absolute atomic E-state index is 11.2. The molecule has 0 atom stereocenters. The van der Waals surface area contributed by atoms with Crippen molar-refractivity contribution in [2.75, 3.05) is 39.6 Å². The number of benzene rings is 2. The van der Waals surface area contributed by atoms with Gasteiger partial charge in [0.1, 0.15) is 47.6 Å². The summed E-state index contributed by atoms with van der Waals surface area (Å²) in [6, 6.07) is 13.8. The van der Waals surface area contributed by atoms with Crippen LogP contribution in [-0.2, 0) is 40.9 Å². The Hall–Kier alpha value is -4.58. The van der Waals surface area contributed by atoms with Crippen LogP contribution in [0.5, 0.6) is 23.0 Å². The Labute approximate surface area is 310 Å². The van der Waals surface area contributed by atoms with Gasteiger partial charge in [-0.1, -0.05) is 24.3 Å². The van der Waals surface area contributed by atoms with E-state index < -0.39 is 28.9 Å². The van der Waals surface area contributed by atoms with Crippen molar-refractivity contribution < 1.29 is 66.9 Å². The molecule has 4 aromatic rings. The van der Waals surface area contributed by atoms with Crippen LogP contribution in [0.3, 0.4) is 0 Å². The highest BCUT2D eigenvalue weighted by Gasteiger charge is 2.19. The lowest BCUT2D eigenvalue weighted by Crippen LogP contribution is -2.13. The fourth-order valence-electron chi connectivity index (χ4n) is 4.51. The summed E-state index contributed by atoms with van der Waals surface area (Å²) in [7, 11) is -9.50. The van der Waals surface area contributed by atoms with Gasteiger partial charge in [-0.05, 0) is 38.1 Å². The summed E-state index contributed by atoms with van der Waals surface area (Å²) < 4.78 is 54.4. The lowest BCUT2D eigenvalue weighted by molar-refractivity contribution is 0.0275. The zero-order valence-electron chi connectivity index (χ0n) is 29.2. The average Bonchev–Trinajstić information content (AvgIpc) is 3.12. The third-order valence-electron chi connectivity index (χ3n) is 7.23. The number of nitrogens with zero attached hydrogens (tertiary/aromatic N) is 4. The van der Waals surface area contributed by atoms with E-state index in [0.29, 0.717) is 34.3 Å². The van der Waals surface area contributed by atoms with E-state index in [-0.39, 0.29) is 73.4 Å². The zero-order valence-corrected chi connectivity index (χ0v) is 31.0. The van der Waals surface area contributed by atoms with Gasteiger partial charge in [-0.2, -0.15) is 0 Å². The van der Waals surface area contributed by atoms with Crippen LogP contribution in [0.4, 0.5) is 11.4 Å². The van der Waals surface area contributed by atoms with Crippen LogP contribution in [0, 0.1) is 13.8 Å². The minimum Gasteiger partial charge on any atom is -0.505 e. The minimum absolute atomic E-state index is 0.194. The Morgan fingerprint density at radius 1 is 0.611 bits per heavy atom. The highest BCUT2D eigenvalue weighted by Crippen LogP contribution is 2.39. The predicted molar refractivity (Wildman–Crippen MR) is 195 cm³/mol. The van der Waals surface area contributed by atoms with E-state index in [1.54, 1.807) is 62.4 Å². The number of phosphoric ester groups is 2. The summed E-state index contributed by atoms with van der Waals surface area (Å²) in [6.45, 7) is 3.62. The summed E-state index contributed by atoms with van der Waals surface area (Å²) in [5.74, 6) is 0.475. The Bertz CT molecular complexity index is 1880. The molecule has 0 bridgehead atoms. The van der Waals surface area contributed by atoms with Crippen molar-refractivity contribution in [1.29, 1.82) is 0 Å². The molecule has 18 nitrogen and oxygen atoms in total. The minimum atomic E-state index is -4.75. The van der Waals surface area contributed by atoms with Gasteiger partial charge < -0.3 is 48.7 Å². The Morgan fingerprint density at radius 3 is 1.37 bits per heavy atom. The maximum Gasteiger partial charge on any atom is 0.469 e. The van der Waals surface area contributed by atoms with E-state index in [1.165, 1.54) is 24.8 Å². The van der Waals surface area contributed by atoms with Crippen molar-refractivity contribution in [3.05, 3.63) is 94.6 Å². The van der Waals surface area contributed by atoms with Gasteiger partial charge in [-0.3, -0.25) is 29.0 Å². The summed E-state index contributed by atoms with van der Waals surface area (Å²) >= 11 is 0. The predicted octanol–water partition coefficient (Wildman–Crippen LogP) is 4.72. The van der Waals surface area contributed by atoms with E-state index >= 15 is 0 Å². The van der Waals surface area contributed by atoms with E-state index in [0.717, 1.165) is 0 Å². The van der Waals surface area contributed by atoms with Crippen LogP contribution in [-0.4, -0.2) is 91.8 Å². The average molecular weight is 791 g/mol. The normalized spacial score (nSPS) is 12.2. The third kappa shape index (κ3) is 13.7. The van der Waals surface area contributed by atoms with Gasteiger partial charge in [0.25, 0.3) is 0 Å². The molecule has 0 saturated heterocycles. The second-order valence-electron chi connectivity index (χ2n) is 11.2. The number of aromatic nitrogens is 2. The molecule has 4 rings (SSSR count). The molecule has 6 N–H and O–H groups in total. The van der Waals surface area contributed by atoms with Gasteiger partial charge in [-0.15, -0.1) is 0 Å². The monoisotopic (exact) mass is 790 g/mol. The molecule has 0 radical (unpaired) electrons. The van der Waals surface area contributed by atoms with Crippen molar-refractivity contribution in [2.24, 2.45) is 9.98 Å². The van der Waals surface area contributed by atoms with Gasteiger partial charge in [0, 0.05) is 47.1 Å². The van der Waals surface area contributed by atoms with E-state index in [1.807, 2.05) is 0 Å². The number of ether oxygens (including phenoxy) is 4. The van der Waals surface area contributed by atoms with Crippen molar-refractivity contribution >= 4 is 39.4 Å². The molecule has 0 amide bonds. The number of para-hydroxylation sites is 4. The number of phosphoric acid groups is 2. The van der Waals surface area contributed by atoms with E-state index in [4.69, 9.17) is 38.5 Å². The van der Waals surface area contributed by atoms with Crippen LogP contribution >= 0.6 is 15.6 Å². The summed E-state index contributed by atoms with van der Waals surface area (Å²) in [4.78, 5) is 53.1. The topological polar surface area (TPSA) is 261 Å². The molecule has 54 heavy (non-hydrogen) atoms. The van der Waals surface area contributed by atoms with Gasteiger partial charge in [0.05, 0.1) is 51.0 Å². The SMILES string of the molecule is Cc1ncc(COP(=O)(O)O)c(C=Nc2ccccc2OCCOCCOCCOc2ccccc2N=Cc2c(COP(=O)(O)O)cnc(C)c2O)c1O. The smallest absolute Gasteiger partial charge is 0.469 e. The van der Waals surface area contributed by atoms with Crippen molar-refractivity contribution in [3.8, 4) is 23.0 Å². The highest BCUT2D eigenvalue weighted by molar-refractivity contribution is 7.46. The number of aromatic hydroxyl groups is 2. The highest BCUT2D eigenvalue weighted by atomic mass is 31.2. The molecule has 0 spiro atoms. The Kier molecular flexibility index (Phi) is 15.8. The second kappa shape index (κ2) is 20.2. The fraction of sp³-hybridized carbons (Fsp3) is 0.294. The summed E-state index contributed by atoms with van der Waals surface area (Å²) in [6.07, 6.45) is 5.37. The standard InChI is InChI=1S/C34H40N4O14P2/c1-23-33(39)27(25(17-35-23)21-51-53(41,42)43)19-37-29-7-3-5-9-31(29)49-15-13-47-11-12-48-14-16-50-32-10-6-4-8-30(32)38-20-28-26(22-52-54(44,45)46)18-36-24(2)34(28)40/h3-10,17-20,39-40H,11-16,21-22H2,1-2H3,(H2,41,42,43)(H2,44,45,46). The molecule has 0 aliphatic rings. The van der Waals surface area contributed by atoms with Gasteiger partial charge in [0.15, 0.2) is 0 Å². The fourth-order valence-corrected chi connectivity index (χ4v) is 5.13. The van der Waals surface area contributed by atoms with Crippen LogP contribution in [0.25, 0.3) is 0 Å². The first-order chi connectivity index (χ1) is 25.7. The number of aryl methyl sites for hydroxylation is 2. The van der Waals surface area contributed by atoms with Crippen LogP contribution < -0.4 is 9.47 Å². The first-order valence-electron chi connectivity index (χ1n) is 16.1. The number of hydrogen-bond acceptors (Lipinski definition) is 14. The lowest BCUT2D eigenvalue weighted by atomic mass is 10.1. The number of rotatable bonds is 21. The first kappa shape index (κ1) is 42.2. The van der Waals surface area contributed by atoms with Gasteiger partial charge in [0.2, 0.25) is 0 Å². The van der Waals surface area contributed by atoms with Crippen LogP contribution in [0.2, 0.25) is 0 Å². The van der Waals surface area contributed by atoms with Gasteiger partial charge in [-0.25, -0.2) is 9.13 Å². The summed E-state index contributed by atoms with van der Waals surface area (Å²) in [5, 5.41) is 21.0. The zero-order chi connectivity index (χ0) is 39.1. The molecule has 0 unspecified atom stereocenters. The molecule has 2 aromatic heterocycles. The van der Waals surface area contributed by atoms with Crippen molar-refractivity contribution in [3.63, 3.8) is 0 Å². The van der Waals surface area contributed by atoms with Gasteiger partial charge >= 0.3 is 15.6 Å². The van der Waals surface area contributed by atoms with Crippen LogP contribution in [0.1, 0.15) is 33.6 Å². The number of hydrogen-bond donors (Lipinski definition) is 6.